The molecule has 1 aromatic carbocycles. The number of nitrogens with one attached hydrogen (secondary N) is 1. The summed E-state index contributed by atoms with van der Waals surface area (Å²) in [5.74, 6) is 1.41. The quantitative estimate of drug-likeness (QED) is 0.781. The van der Waals surface area contributed by atoms with Gasteiger partial charge in [0.25, 0.3) is 0 Å². The van der Waals surface area contributed by atoms with Gasteiger partial charge in [0.15, 0.2) is 11.5 Å². The summed E-state index contributed by atoms with van der Waals surface area (Å²) in [6.07, 6.45) is 0.328. The molecule has 0 aliphatic carbocycles. The number of rotatable bonds is 3. The molecule has 5 nitrogen and oxygen atoms in total. The zero-order chi connectivity index (χ0) is 12.3. The Morgan fingerprint density at radius 1 is 1.29 bits per heavy atom. The number of nitrogens with zero attached hydrogens (tertiary/aromatic N) is 1. The zero-order valence-electron chi connectivity index (χ0n) is 10.0. The van der Waals surface area contributed by atoms with Crippen molar-refractivity contribution in [2.75, 3.05) is 27.3 Å². The lowest BCUT2D eigenvalue weighted by Crippen LogP contribution is -2.37. The van der Waals surface area contributed by atoms with E-state index in [2.05, 4.69) is 5.43 Å². The summed E-state index contributed by atoms with van der Waals surface area (Å²) in [6.45, 7) is 1.13. The van der Waals surface area contributed by atoms with Crippen LogP contribution in [0.2, 0.25) is 0 Å². The van der Waals surface area contributed by atoms with Gasteiger partial charge in [-0.15, -0.1) is 0 Å². The smallest absolute Gasteiger partial charge is 0.238 e. The average Bonchev–Trinajstić information content (AvgIpc) is 2.27. The van der Waals surface area contributed by atoms with Gasteiger partial charge < -0.3 is 9.47 Å². The minimum Gasteiger partial charge on any atom is -0.486 e. The lowest BCUT2D eigenvalue weighted by molar-refractivity contribution is -0.124. The molecule has 1 amide bonds. The van der Waals surface area contributed by atoms with Crippen LogP contribution in [0, 0.1) is 0 Å². The third-order valence-corrected chi connectivity index (χ3v) is 2.32. The molecule has 0 atom stereocenters. The fourth-order valence-corrected chi connectivity index (χ4v) is 1.67. The van der Waals surface area contributed by atoms with Crippen molar-refractivity contribution in [1.82, 2.24) is 10.4 Å². The number of carbonyl (C=O) groups is 1. The van der Waals surface area contributed by atoms with Crippen molar-refractivity contribution in [3.63, 3.8) is 0 Å². The molecule has 0 bridgehead atoms. The third kappa shape index (κ3) is 3.10. The Balaban J connectivity index is 2.04. The second-order valence-corrected chi connectivity index (χ2v) is 4.08. The molecular formula is C12H16N2O3. The molecular weight excluding hydrogens is 220 g/mol. The van der Waals surface area contributed by atoms with E-state index in [4.69, 9.17) is 9.47 Å². The van der Waals surface area contributed by atoms with Crippen LogP contribution in [0.1, 0.15) is 5.56 Å². The van der Waals surface area contributed by atoms with Crippen LogP contribution >= 0.6 is 0 Å². The molecule has 0 radical (unpaired) electrons. The first-order valence-corrected chi connectivity index (χ1v) is 5.50. The number of hydrazine groups is 1. The van der Waals surface area contributed by atoms with E-state index in [1.807, 2.05) is 18.2 Å². The van der Waals surface area contributed by atoms with Crippen LogP contribution in [0.5, 0.6) is 11.5 Å². The standard InChI is InChI=1S/C12H16N2O3/c1-14(2)13-12(15)8-9-3-4-10-11(7-9)17-6-5-16-10/h3-4,7H,5-6,8H2,1-2H3,(H,13,15). The minimum atomic E-state index is -0.0494. The molecule has 1 aliphatic rings. The second kappa shape index (κ2) is 5.05. The average molecular weight is 236 g/mol. The van der Waals surface area contributed by atoms with Crippen molar-refractivity contribution in [3.8, 4) is 11.5 Å². The van der Waals surface area contributed by atoms with Crippen LogP contribution in [-0.4, -0.2) is 38.2 Å². The maximum Gasteiger partial charge on any atom is 0.238 e. The van der Waals surface area contributed by atoms with Gasteiger partial charge >= 0.3 is 0 Å². The Kier molecular flexibility index (Phi) is 3.49. The highest BCUT2D eigenvalue weighted by molar-refractivity contribution is 5.78. The van der Waals surface area contributed by atoms with Crippen molar-refractivity contribution < 1.29 is 14.3 Å². The van der Waals surface area contributed by atoms with Crippen LogP contribution in [0.15, 0.2) is 18.2 Å². The van der Waals surface area contributed by atoms with Gasteiger partial charge in [0.05, 0.1) is 6.42 Å². The van der Waals surface area contributed by atoms with Crippen molar-refractivity contribution in [2.24, 2.45) is 0 Å². The van der Waals surface area contributed by atoms with Gasteiger partial charge in [0.1, 0.15) is 13.2 Å². The number of benzene rings is 1. The fraction of sp³-hybridized carbons (Fsp3) is 0.417. The molecule has 0 aromatic heterocycles. The predicted molar refractivity (Wildman–Crippen MR) is 63.0 cm³/mol. The van der Waals surface area contributed by atoms with E-state index < -0.39 is 0 Å². The Morgan fingerprint density at radius 3 is 2.71 bits per heavy atom. The molecule has 1 aliphatic heterocycles. The first-order chi connectivity index (χ1) is 8.15. The number of fused-ring (bicyclic) bond motifs is 1. The van der Waals surface area contributed by atoms with Gasteiger partial charge in [-0.25, -0.2) is 5.01 Å². The van der Waals surface area contributed by atoms with Crippen molar-refractivity contribution in [1.29, 1.82) is 0 Å². The van der Waals surface area contributed by atoms with Gasteiger partial charge in [-0.1, -0.05) is 6.07 Å². The molecule has 2 rings (SSSR count). The van der Waals surface area contributed by atoms with E-state index in [9.17, 15) is 4.79 Å². The highest BCUT2D eigenvalue weighted by Gasteiger charge is 2.13. The number of amides is 1. The fourth-order valence-electron chi connectivity index (χ4n) is 1.67. The predicted octanol–water partition coefficient (Wildman–Crippen LogP) is 0.593. The molecule has 0 unspecified atom stereocenters. The second-order valence-electron chi connectivity index (χ2n) is 4.08. The minimum absolute atomic E-state index is 0.0494. The molecule has 1 aromatic rings. The maximum atomic E-state index is 11.6. The molecule has 0 fully saturated rings. The van der Waals surface area contributed by atoms with Crippen LogP contribution in [0.25, 0.3) is 0 Å². The summed E-state index contributed by atoms with van der Waals surface area (Å²) in [7, 11) is 3.56. The van der Waals surface area contributed by atoms with Crippen LogP contribution < -0.4 is 14.9 Å². The highest BCUT2D eigenvalue weighted by Crippen LogP contribution is 2.30. The van der Waals surface area contributed by atoms with Gasteiger partial charge in [-0.3, -0.25) is 10.2 Å². The molecule has 92 valence electrons. The van der Waals surface area contributed by atoms with E-state index in [0.717, 1.165) is 11.3 Å². The lowest BCUT2D eigenvalue weighted by atomic mass is 10.1. The Bertz CT molecular complexity index is 418. The van der Waals surface area contributed by atoms with Gasteiger partial charge in [0, 0.05) is 14.1 Å². The summed E-state index contributed by atoms with van der Waals surface area (Å²) in [5, 5.41) is 1.63. The largest absolute Gasteiger partial charge is 0.486 e. The highest BCUT2D eigenvalue weighted by atomic mass is 16.6. The summed E-state index contributed by atoms with van der Waals surface area (Å²) in [4.78, 5) is 11.6. The number of carbonyl (C=O) groups excluding carboxylic acids is 1. The summed E-state index contributed by atoms with van der Waals surface area (Å²) in [5.41, 5.74) is 3.60. The first kappa shape index (κ1) is 11.7. The Labute approximate surface area is 100 Å². The Morgan fingerprint density at radius 2 is 2.00 bits per heavy atom. The van der Waals surface area contributed by atoms with Gasteiger partial charge in [-0.05, 0) is 17.7 Å². The first-order valence-electron chi connectivity index (χ1n) is 5.50. The van der Waals surface area contributed by atoms with Gasteiger partial charge in [-0.2, -0.15) is 0 Å². The van der Waals surface area contributed by atoms with E-state index in [0.29, 0.717) is 25.4 Å². The summed E-state index contributed by atoms with van der Waals surface area (Å²) < 4.78 is 10.9. The normalized spacial score (nSPS) is 13.6. The number of hydrogen-bond acceptors (Lipinski definition) is 4. The Hall–Kier alpha value is -1.75. The lowest BCUT2D eigenvalue weighted by Gasteiger charge is -2.19. The molecule has 1 heterocycles. The van der Waals surface area contributed by atoms with Crippen LogP contribution in [0.3, 0.4) is 0 Å². The molecule has 17 heavy (non-hydrogen) atoms. The van der Waals surface area contributed by atoms with Crippen molar-refractivity contribution in [2.45, 2.75) is 6.42 Å². The molecule has 5 heteroatoms. The van der Waals surface area contributed by atoms with Crippen molar-refractivity contribution in [3.05, 3.63) is 23.8 Å². The van der Waals surface area contributed by atoms with Crippen LogP contribution in [-0.2, 0) is 11.2 Å². The zero-order valence-corrected chi connectivity index (χ0v) is 10.0. The SMILES string of the molecule is CN(C)NC(=O)Cc1ccc2c(c1)OCCO2. The van der Waals surface area contributed by atoms with E-state index in [-0.39, 0.29) is 5.91 Å². The molecule has 0 saturated carbocycles. The number of ether oxygens (including phenoxy) is 2. The monoisotopic (exact) mass is 236 g/mol. The third-order valence-electron chi connectivity index (χ3n) is 2.32. The molecule has 0 spiro atoms. The summed E-state index contributed by atoms with van der Waals surface area (Å²) in [6, 6.07) is 5.57. The molecule has 0 saturated heterocycles. The van der Waals surface area contributed by atoms with Crippen LogP contribution in [0.4, 0.5) is 0 Å². The number of hydrogen-bond donors (Lipinski definition) is 1. The molecule has 1 N–H and O–H groups in total. The maximum absolute atomic E-state index is 11.6. The van der Waals surface area contributed by atoms with Crippen molar-refractivity contribution >= 4 is 5.91 Å². The van der Waals surface area contributed by atoms with E-state index >= 15 is 0 Å². The van der Waals surface area contributed by atoms with Gasteiger partial charge in [0.2, 0.25) is 5.91 Å². The summed E-state index contributed by atoms with van der Waals surface area (Å²) >= 11 is 0. The van der Waals surface area contributed by atoms with E-state index in [1.54, 1.807) is 19.1 Å². The van der Waals surface area contributed by atoms with E-state index in [1.165, 1.54) is 0 Å². The topological polar surface area (TPSA) is 50.8 Å².